The third kappa shape index (κ3) is 5.63. The van der Waals surface area contributed by atoms with Crippen molar-refractivity contribution in [3.05, 3.63) is 96.6 Å². The van der Waals surface area contributed by atoms with Crippen molar-refractivity contribution in [3.8, 4) is 0 Å². The molecule has 0 fully saturated rings. The molecule has 2 nitrogen and oxygen atoms in total. The van der Waals surface area contributed by atoms with Crippen LogP contribution in [0.15, 0.2) is 91.0 Å². The van der Waals surface area contributed by atoms with Crippen LogP contribution in [0, 0.1) is 0 Å². The van der Waals surface area contributed by atoms with Crippen LogP contribution in [-0.2, 0) is 11.0 Å². The largest absolute Gasteiger partial charge is 0.242 e. The van der Waals surface area contributed by atoms with E-state index in [1.165, 1.54) is 16.2 Å². The van der Waals surface area contributed by atoms with E-state index < -0.39 is 18.9 Å². The quantitative estimate of drug-likeness (QED) is 0.475. The molecule has 0 unspecified atom stereocenters. The van der Waals surface area contributed by atoms with Gasteiger partial charge in [-0.15, -0.1) is 0 Å². The molecular formula is C25H30NOPS. The van der Waals surface area contributed by atoms with E-state index in [9.17, 15) is 4.21 Å². The van der Waals surface area contributed by atoms with Gasteiger partial charge in [0, 0.05) is 7.05 Å². The summed E-state index contributed by atoms with van der Waals surface area (Å²) in [6, 6.07) is 32.1. The van der Waals surface area contributed by atoms with E-state index in [1.54, 1.807) is 0 Å². The highest BCUT2D eigenvalue weighted by atomic mass is 32.2. The van der Waals surface area contributed by atoms with Gasteiger partial charge in [0.25, 0.3) is 0 Å². The first kappa shape index (κ1) is 21.9. The van der Waals surface area contributed by atoms with Gasteiger partial charge in [-0.25, -0.2) is 8.51 Å². The maximum atomic E-state index is 13.3. The van der Waals surface area contributed by atoms with Crippen molar-refractivity contribution >= 4 is 29.5 Å². The average Bonchev–Trinajstić information content (AvgIpc) is 2.75. The second-order valence-electron chi connectivity index (χ2n) is 8.12. The lowest BCUT2D eigenvalue weighted by molar-refractivity contribution is 0.422. The molecule has 0 bridgehead atoms. The number of benzene rings is 3. The summed E-state index contributed by atoms with van der Waals surface area (Å²) in [6.45, 7) is 6.12. The van der Waals surface area contributed by atoms with E-state index in [2.05, 4.69) is 89.2 Å². The molecular weight excluding hydrogens is 393 g/mol. The molecule has 0 spiro atoms. The summed E-state index contributed by atoms with van der Waals surface area (Å²) in [5, 5.41) is 2.70. The Kier molecular flexibility index (Phi) is 7.40. The summed E-state index contributed by atoms with van der Waals surface area (Å²) in [7, 11) is 0.321. The van der Waals surface area contributed by atoms with E-state index in [0.29, 0.717) is 0 Å². The zero-order chi connectivity index (χ0) is 20.9. The third-order valence-electron chi connectivity index (χ3n) is 4.90. The third-order valence-corrected chi connectivity index (χ3v) is 9.28. The molecule has 29 heavy (non-hydrogen) atoms. The van der Waals surface area contributed by atoms with Crippen LogP contribution < -0.4 is 10.6 Å². The standard InChI is InChI=1S/C25H30NOPS/c1-25(2,3)29(27)26(4)24(21-14-8-5-9-15-21)20-28(22-16-10-6-11-17-22)23-18-12-7-13-19-23/h5-19,24H,20H2,1-4H3/t24-,29+/m0/s1. The molecule has 0 N–H and O–H groups in total. The van der Waals surface area contributed by atoms with Gasteiger partial charge in [0.2, 0.25) is 0 Å². The van der Waals surface area contributed by atoms with Gasteiger partial charge in [-0.05, 0) is 51.0 Å². The lowest BCUT2D eigenvalue weighted by atomic mass is 10.1. The first-order chi connectivity index (χ1) is 13.9. The average molecular weight is 424 g/mol. The van der Waals surface area contributed by atoms with Crippen LogP contribution in [0.25, 0.3) is 0 Å². The summed E-state index contributed by atoms with van der Waals surface area (Å²) in [5.74, 6) is 0. The maximum absolute atomic E-state index is 13.3. The molecule has 0 radical (unpaired) electrons. The predicted octanol–water partition coefficient (Wildman–Crippen LogP) is 5.25. The normalized spacial score (nSPS) is 14.1. The Morgan fingerprint density at radius 3 is 1.62 bits per heavy atom. The number of rotatable bonds is 7. The van der Waals surface area contributed by atoms with Gasteiger partial charge in [-0.1, -0.05) is 91.0 Å². The topological polar surface area (TPSA) is 20.3 Å². The summed E-state index contributed by atoms with van der Waals surface area (Å²) in [5.41, 5.74) is 1.21. The van der Waals surface area contributed by atoms with Crippen molar-refractivity contribution < 1.29 is 4.21 Å². The minimum absolute atomic E-state index is 0.0720. The summed E-state index contributed by atoms with van der Waals surface area (Å²) >= 11 is 0. The molecule has 152 valence electrons. The minimum atomic E-state index is -1.10. The summed E-state index contributed by atoms with van der Waals surface area (Å²) < 4.78 is 15.0. The van der Waals surface area contributed by atoms with Crippen molar-refractivity contribution in [1.29, 1.82) is 0 Å². The first-order valence-corrected chi connectivity index (χ1v) is 12.6. The van der Waals surface area contributed by atoms with Gasteiger partial charge < -0.3 is 0 Å². The Labute approximate surface area is 179 Å². The van der Waals surface area contributed by atoms with E-state index in [4.69, 9.17) is 0 Å². The van der Waals surface area contributed by atoms with Crippen LogP contribution in [0.4, 0.5) is 0 Å². The Morgan fingerprint density at radius 2 is 1.21 bits per heavy atom. The van der Waals surface area contributed by atoms with Crippen LogP contribution in [0.2, 0.25) is 0 Å². The fourth-order valence-electron chi connectivity index (χ4n) is 3.40. The van der Waals surface area contributed by atoms with Gasteiger partial charge in [0.1, 0.15) is 11.0 Å². The van der Waals surface area contributed by atoms with Crippen LogP contribution in [-0.4, -0.2) is 26.5 Å². The molecule has 0 aliphatic heterocycles. The molecule has 3 aromatic carbocycles. The Bertz CT molecular complexity index is 870. The highest BCUT2D eigenvalue weighted by Crippen LogP contribution is 2.41. The zero-order valence-corrected chi connectivity index (χ0v) is 19.4. The number of nitrogens with zero attached hydrogens (tertiary/aromatic N) is 1. The molecule has 4 heteroatoms. The molecule has 3 rings (SSSR count). The van der Waals surface area contributed by atoms with Gasteiger partial charge in [-0.3, -0.25) is 0 Å². The Morgan fingerprint density at radius 1 is 0.793 bits per heavy atom. The molecule has 2 atom stereocenters. The lowest BCUT2D eigenvalue weighted by Gasteiger charge is -2.35. The van der Waals surface area contributed by atoms with Gasteiger partial charge in [0.05, 0.1) is 10.8 Å². The second-order valence-corrected chi connectivity index (χ2v) is 12.7. The van der Waals surface area contributed by atoms with Crippen LogP contribution in [0.3, 0.4) is 0 Å². The fraction of sp³-hybridized carbons (Fsp3) is 0.280. The number of hydrogen-bond donors (Lipinski definition) is 0. The molecule has 0 amide bonds. The fourth-order valence-corrected chi connectivity index (χ4v) is 7.39. The minimum Gasteiger partial charge on any atom is -0.242 e. The van der Waals surface area contributed by atoms with Gasteiger partial charge >= 0.3 is 0 Å². The monoisotopic (exact) mass is 423 g/mol. The van der Waals surface area contributed by atoms with Crippen molar-refractivity contribution in [2.75, 3.05) is 13.2 Å². The van der Waals surface area contributed by atoms with Crippen molar-refractivity contribution in [3.63, 3.8) is 0 Å². The summed E-state index contributed by atoms with van der Waals surface area (Å²) in [6.07, 6.45) is 0.922. The molecule has 0 saturated carbocycles. The smallest absolute Gasteiger partial charge is 0.100 e. The molecule has 0 saturated heterocycles. The van der Waals surface area contributed by atoms with Crippen LogP contribution in [0.5, 0.6) is 0 Å². The molecule has 0 heterocycles. The maximum Gasteiger partial charge on any atom is 0.100 e. The second kappa shape index (κ2) is 9.80. The summed E-state index contributed by atoms with van der Waals surface area (Å²) in [4.78, 5) is 0. The van der Waals surface area contributed by atoms with E-state index in [0.717, 1.165) is 6.16 Å². The molecule has 0 aromatic heterocycles. The Hall–Kier alpha value is -1.80. The molecule has 0 aliphatic carbocycles. The van der Waals surface area contributed by atoms with Crippen LogP contribution in [0.1, 0.15) is 32.4 Å². The predicted molar refractivity (Wildman–Crippen MR) is 129 cm³/mol. The van der Waals surface area contributed by atoms with Crippen LogP contribution >= 0.6 is 7.92 Å². The first-order valence-electron chi connectivity index (χ1n) is 9.95. The van der Waals surface area contributed by atoms with E-state index >= 15 is 0 Å². The molecule has 3 aromatic rings. The highest BCUT2D eigenvalue weighted by Gasteiger charge is 2.31. The lowest BCUT2D eigenvalue weighted by Crippen LogP contribution is -2.39. The Balaban J connectivity index is 2.03. The van der Waals surface area contributed by atoms with Crippen molar-refractivity contribution in [2.24, 2.45) is 0 Å². The van der Waals surface area contributed by atoms with E-state index in [-0.39, 0.29) is 10.8 Å². The van der Waals surface area contributed by atoms with Gasteiger partial charge in [0.15, 0.2) is 0 Å². The number of hydrogen-bond acceptors (Lipinski definition) is 1. The van der Waals surface area contributed by atoms with Gasteiger partial charge in [-0.2, -0.15) is 0 Å². The van der Waals surface area contributed by atoms with Crippen molar-refractivity contribution in [2.45, 2.75) is 31.6 Å². The SMILES string of the molecule is CN([C@@H](CP(c1ccccc1)c1ccccc1)c1ccccc1)[S@](=O)C(C)(C)C. The van der Waals surface area contributed by atoms with E-state index in [1.807, 2.05) is 33.9 Å². The highest BCUT2D eigenvalue weighted by molar-refractivity contribution is 7.84. The zero-order valence-electron chi connectivity index (χ0n) is 17.7. The molecule has 0 aliphatic rings. The van der Waals surface area contributed by atoms with Crippen molar-refractivity contribution in [1.82, 2.24) is 4.31 Å².